The summed E-state index contributed by atoms with van der Waals surface area (Å²) >= 11 is 1.55. The van der Waals surface area contributed by atoms with Crippen molar-refractivity contribution in [2.75, 3.05) is 83.0 Å². The number of hydrazine groups is 1. The number of nitrogens with zero attached hydrogens (tertiary/aromatic N) is 3. The molecule has 7 N–H and O–H groups in total. The smallest absolute Gasteiger partial charge is 0.264 e. The molecule has 2 aromatic rings. The molecule has 0 saturated carbocycles. The zero-order chi connectivity index (χ0) is 47.2. The van der Waals surface area contributed by atoms with E-state index in [-0.39, 0.29) is 92.1 Å². The fourth-order valence-electron chi connectivity index (χ4n) is 8.57. The minimum atomic E-state index is -3.36. The van der Waals surface area contributed by atoms with Gasteiger partial charge in [-0.1, -0.05) is 30.3 Å². The number of hydrogen-bond donors (Lipinski definition) is 7. The van der Waals surface area contributed by atoms with Crippen LogP contribution in [-0.4, -0.2) is 159 Å². The Balaban J connectivity index is 0.758. The van der Waals surface area contributed by atoms with E-state index >= 15 is 0 Å². The molecule has 0 bridgehead atoms. The van der Waals surface area contributed by atoms with Crippen molar-refractivity contribution in [2.24, 2.45) is 5.92 Å². The number of piperidine rings is 1. The van der Waals surface area contributed by atoms with Gasteiger partial charge in [-0.15, -0.1) is 11.8 Å². The fourth-order valence-corrected chi connectivity index (χ4v) is 10.6. The molecular weight excluding hydrogens is 897 g/mol. The molecule has 5 heterocycles. The Labute approximate surface area is 387 Å². The molecule has 21 nitrogen and oxygen atoms in total. The number of carbonyl (C=O) groups excluding carboxylic acids is 7. The van der Waals surface area contributed by atoms with Crippen LogP contribution in [0.3, 0.4) is 0 Å². The van der Waals surface area contributed by atoms with Crippen LogP contribution in [0.1, 0.15) is 83.5 Å². The number of hydrogen-bond acceptors (Lipinski definition) is 16. The van der Waals surface area contributed by atoms with Crippen LogP contribution in [0.15, 0.2) is 42.5 Å². The summed E-state index contributed by atoms with van der Waals surface area (Å²) in [5.74, 6) is -2.86. The summed E-state index contributed by atoms with van der Waals surface area (Å²) in [6.45, 7) is 6.38. The molecule has 4 saturated heterocycles. The predicted molar refractivity (Wildman–Crippen MR) is 242 cm³/mol. The molecule has 358 valence electrons. The number of benzene rings is 2. The summed E-state index contributed by atoms with van der Waals surface area (Å²) < 4.78 is 36.2. The second kappa shape index (κ2) is 21.3. The number of imide groups is 2. The van der Waals surface area contributed by atoms with Crippen LogP contribution in [0.5, 0.6) is 0 Å². The van der Waals surface area contributed by atoms with Crippen LogP contribution in [0.4, 0.5) is 5.69 Å². The van der Waals surface area contributed by atoms with Crippen LogP contribution >= 0.6 is 11.8 Å². The molecular formula is C43H58N10O11S2. The molecule has 23 heteroatoms. The standard InChI is InChI=1S/C43H58N10O11S2/c1-43(2,41(60)45-15-19-64-21-20-63-18-14-44-31-9-5-8-29-36(31)40(59)53(39(29)58)33-10-11-34(54)48-38(33)57)52-17-13-30(50-52)26-6-4-7-27(22-26)32-25-65-42(47-32)49-35(55)23-46-37(56)28-12-16-51(24-28)66(3,61)62/h4-9,22,28,30,32-33,42,44,47,50H,10-21,23-25H2,1-3H3,(H,45,60)(H,46,56)(H,49,55)(H,48,54,57). The van der Waals surface area contributed by atoms with Gasteiger partial charge in [0.25, 0.3) is 11.8 Å². The molecule has 4 fully saturated rings. The Morgan fingerprint density at radius 3 is 2.33 bits per heavy atom. The number of sulfonamides is 1. The van der Waals surface area contributed by atoms with Crippen molar-refractivity contribution in [3.63, 3.8) is 0 Å². The first-order valence-corrected chi connectivity index (χ1v) is 25.0. The van der Waals surface area contributed by atoms with E-state index in [0.29, 0.717) is 45.0 Å². The highest BCUT2D eigenvalue weighted by Gasteiger charge is 2.46. The average Bonchev–Trinajstić information content (AvgIpc) is 4.12. The van der Waals surface area contributed by atoms with Crippen LogP contribution < -0.4 is 37.3 Å². The topological polar surface area (TPSA) is 266 Å². The second-order valence-corrected chi connectivity index (χ2v) is 20.4. The molecule has 7 amide bonds. The lowest BCUT2D eigenvalue weighted by Gasteiger charge is -2.34. The molecule has 7 rings (SSSR count). The number of anilines is 1. The lowest BCUT2D eigenvalue weighted by atomic mass is 10.00. The van der Waals surface area contributed by atoms with Gasteiger partial charge in [0.05, 0.1) is 56.3 Å². The van der Waals surface area contributed by atoms with Gasteiger partial charge >= 0.3 is 0 Å². The first kappa shape index (κ1) is 48.9. The maximum atomic E-state index is 13.3. The van der Waals surface area contributed by atoms with E-state index in [4.69, 9.17) is 9.47 Å². The number of carbonyl (C=O) groups is 7. The Hall–Kier alpha value is -5.01. The molecule has 0 aromatic heterocycles. The quantitative estimate of drug-likeness (QED) is 0.0655. The first-order chi connectivity index (χ1) is 31.5. The van der Waals surface area contributed by atoms with Gasteiger partial charge in [0.2, 0.25) is 39.6 Å². The molecule has 2 aromatic carbocycles. The van der Waals surface area contributed by atoms with Crippen molar-refractivity contribution in [3.8, 4) is 0 Å². The highest BCUT2D eigenvalue weighted by molar-refractivity contribution is 8.00. The Bertz CT molecular complexity index is 2320. The monoisotopic (exact) mass is 954 g/mol. The lowest BCUT2D eigenvalue weighted by Crippen LogP contribution is -2.58. The fraction of sp³-hybridized carbons (Fsp3) is 0.558. The van der Waals surface area contributed by atoms with Crippen molar-refractivity contribution in [2.45, 2.75) is 68.7 Å². The summed E-state index contributed by atoms with van der Waals surface area (Å²) in [4.78, 5) is 89.8. The number of fused-ring (bicyclic) bond motifs is 1. The zero-order valence-electron chi connectivity index (χ0n) is 37.2. The molecule has 5 aliphatic rings. The van der Waals surface area contributed by atoms with Crippen LogP contribution in [0, 0.1) is 5.92 Å². The molecule has 5 aliphatic heterocycles. The summed E-state index contributed by atoms with van der Waals surface area (Å²) in [5.41, 5.74) is 5.28. The lowest BCUT2D eigenvalue weighted by molar-refractivity contribution is -0.136. The molecule has 0 spiro atoms. The van der Waals surface area contributed by atoms with Gasteiger partial charge in [-0.05, 0) is 56.4 Å². The van der Waals surface area contributed by atoms with Gasteiger partial charge in [0, 0.05) is 62.7 Å². The first-order valence-electron chi connectivity index (χ1n) is 22.1. The number of thioether (sulfide) groups is 1. The van der Waals surface area contributed by atoms with Gasteiger partial charge in [0.15, 0.2) is 0 Å². The Morgan fingerprint density at radius 2 is 1.61 bits per heavy atom. The molecule has 5 unspecified atom stereocenters. The van der Waals surface area contributed by atoms with Crippen LogP contribution in [-0.2, 0) is 43.5 Å². The van der Waals surface area contributed by atoms with Crippen molar-refractivity contribution in [1.29, 1.82) is 0 Å². The summed E-state index contributed by atoms with van der Waals surface area (Å²) in [6.07, 6.45) is 2.45. The van der Waals surface area contributed by atoms with Gasteiger partial charge in [-0.2, -0.15) is 0 Å². The SMILES string of the molecule is CC(C)(C(=O)NCCOCCOCCNc1cccc2c1C(=O)N(C1CCC(=O)NC1=O)C2=O)N1CCC(c2cccc(C3CSC(NC(=O)CNC(=O)C4CCN(S(C)(=O)=O)C4)N3)c2)N1. The van der Waals surface area contributed by atoms with Crippen LogP contribution in [0.2, 0.25) is 0 Å². The largest absolute Gasteiger partial charge is 0.382 e. The van der Waals surface area contributed by atoms with Gasteiger partial charge < -0.3 is 30.7 Å². The van der Waals surface area contributed by atoms with Crippen LogP contribution in [0.25, 0.3) is 0 Å². The third kappa shape index (κ3) is 11.6. The normalized spacial score (nSPS) is 23.8. The maximum absolute atomic E-state index is 13.3. The molecule has 0 aliphatic carbocycles. The van der Waals surface area contributed by atoms with Crippen molar-refractivity contribution < 1.29 is 51.5 Å². The van der Waals surface area contributed by atoms with Crippen molar-refractivity contribution in [1.82, 2.24) is 46.2 Å². The third-order valence-electron chi connectivity index (χ3n) is 12.3. The summed E-state index contributed by atoms with van der Waals surface area (Å²) in [7, 11) is -3.36. The zero-order valence-corrected chi connectivity index (χ0v) is 38.8. The average molecular weight is 955 g/mol. The minimum absolute atomic E-state index is 0.0105. The van der Waals surface area contributed by atoms with E-state index in [1.165, 1.54) is 10.4 Å². The number of amides is 7. The third-order valence-corrected chi connectivity index (χ3v) is 14.7. The van der Waals surface area contributed by atoms with E-state index in [9.17, 15) is 42.0 Å². The predicted octanol–water partition coefficient (Wildman–Crippen LogP) is -0.446. The number of rotatable bonds is 20. The van der Waals surface area contributed by atoms with E-state index < -0.39 is 51.2 Å². The van der Waals surface area contributed by atoms with Gasteiger partial charge in [0.1, 0.15) is 17.1 Å². The van der Waals surface area contributed by atoms with Gasteiger partial charge in [-0.25, -0.2) is 23.2 Å². The highest BCUT2D eigenvalue weighted by atomic mass is 32.2. The Kier molecular flexibility index (Phi) is 15.8. The van der Waals surface area contributed by atoms with Crippen molar-refractivity contribution >= 4 is 68.8 Å². The van der Waals surface area contributed by atoms with E-state index in [0.717, 1.165) is 34.5 Å². The van der Waals surface area contributed by atoms with Crippen molar-refractivity contribution in [3.05, 3.63) is 64.7 Å². The van der Waals surface area contributed by atoms with E-state index in [2.05, 4.69) is 49.5 Å². The maximum Gasteiger partial charge on any atom is 0.264 e. The number of ether oxygens (including phenoxy) is 2. The number of nitrogens with one attached hydrogen (secondary N) is 7. The van der Waals surface area contributed by atoms with E-state index in [1.807, 2.05) is 31.0 Å². The van der Waals surface area contributed by atoms with E-state index in [1.54, 1.807) is 23.9 Å². The van der Waals surface area contributed by atoms with Gasteiger partial charge in [-0.3, -0.25) is 49.1 Å². The highest BCUT2D eigenvalue weighted by Crippen LogP contribution is 2.34. The molecule has 66 heavy (non-hydrogen) atoms. The molecule has 5 atom stereocenters. The minimum Gasteiger partial charge on any atom is -0.382 e. The summed E-state index contributed by atoms with van der Waals surface area (Å²) in [5, 5.41) is 19.2. The summed E-state index contributed by atoms with van der Waals surface area (Å²) in [6, 6.07) is 12.0. The Morgan fingerprint density at radius 1 is 0.879 bits per heavy atom. The molecule has 0 radical (unpaired) electrons. The second-order valence-electron chi connectivity index (χ2n) is 17.3.